The van der Waals surface area contributed by atoms with Gasteiger partial charge in [0.1, 0.15) is 5.52 Å². The highest BCUT2D eigenvalue weighted by atomic mass is 19.3. The normalized spacial score (nSPS) is 11.2. The van der Waals surface area contributed by atoms with Crippen molar-refractivity contribution in [3.8, 4) is 0 Å². The van der Waals surface area contributed by atoms with E-state index in [0.29, 0.717) is 0 Å². The molecule has 0 saturated carbocycles. The second-order valence-corrected chi connectivity index (χ2v) is 3.07. The molecule has 15 heavy (non-hydrogen) atoms. The second-order valence-electron chi connectivity index (χ2n) is 3.07. The molecule has 1 aromatic carbocycles. The third kappa shape index (κ3) is 1.60. The van der Waals surface area contributed by atoms with Crippen LogP contribution in [0.3, 0.4) is 0 Å². The molecule has 2 aromatic rings. The summed E-state index contributed by atoms with van der Waals surface area (Å²) in [5.41, 5.74) is 0.0169. The highest BCUT2D eigenvalue weighted by Gasteiger charge is 2.17. The number of halogens is 2. The molecule has 0 amide bonds. The van der Waals surface area contributed by atoms with E-state index >= 15 is 0 Å². The predicted octanol–water partition coefficient (Wildman–Crippen LogP) is 2.97. The Morgan fingerprint density at radius 3 is 2.80 bits per heavy atom. The summed E-state index contributed by atoms with van der Waals surface area (Å²) in [5, 5.41) is 0. The van der Waals surface area contributed by atoms with Gasteiger partial charge >= 0.3 is 0 Å². The molecule has 0 spiro atoms. The third-order valence-electron chi connectivity index (χ3n) is 1.98. The summed E-state index contributed by atoms with van der Waals surface area (Å²) in [4.78, 5) is 14.8. The van der Waals surface area contributed by atoms with E-state index in [9.17, 15) is 13.6 Å². The Labute approximate surface area is 83.7 Å². The summed E-state index contributed by atoms with van der Waals surface area (Å²) in [6, 6.07) is 4.23. The summed E-state index contributed by atoms with van der Waals surface area (Å²) in [5.74, 6) is -0.524. The Morgan fingerprint density at radius 2 is 2.20 bits per heavy atom. The number of aromatic nitrogens is 1. The highest BCUT2D eigenvalue weighted by Crippen LogP contribution is 2.28. The summed E-state index contributed by atoms with van der Waals surface area (Å²) >= 11 is 0. The maximum Gasteiger partial charge on any atom is 0.267 e. The minimum Gasteiger partial charge on any atom is -0.433 e. The molecule has 78 valence electrons. The average Bonchev–Trinajstić information content (AvgIpc) is 2.60. The molecule has 0 N–H and O–H groups in total. The molecule has 0 saturated heterocycles. The quantitative estimate of drug-likeness (QED) is 0.717. The van der Waals surface area contributed by atoms with E-state index in [1.807, 2.05) is 0 Å². The topological polar surface area (TPSA) is 43.1 Å². The van der Waals surface area contributed by atoms with Gasteiger partial charge in [-0.2, -0.15) is 0 Å². The van der Waals surface area contributed by atoms with Gasteiger partial charge in [0.2, 0.25) is 5.78 Å². The first kappa shape index (κ1) is 9.76. The maximum absolute atomic E-state index is 12.5. The van der Waals surface area contributed by atoms with Gasteiger partial charge in [0.25, 0.3) is 12.3 Å². The lowest BCUT2D eigenvalue weighted by atomic mass is 10.2. The van der Waals surface area contributed by atoms with Crippen LogP contribution in [0.5, 0.6) is 0 Å². The van der Waals surface area contributed by atoms with Crippen LogP contribution >= 0.6 is 0 Å². The number of rotatable bonds is 2. The molecule has 3 nitrogen and oxygen atoms in total. The SMILES string of the molecule is CC(=O)c1nc2cccc(C(F)F)c2o1. The number of oxazole rings is 1. The van der Waals surface area contributed by atoms with Crippen molar-refractivity contribution in [1.82, 2.24) is 4.98 Å². The van der Waals surface area contributed by atoms with Crippen LogP contribution in [0.15, 0.2) is 22.6 Å². The van der Waals surface area contributed by atoms with Gasteiger partial charge < -0.3 is 4.42 Å². The van der Waals surface area contributed by atoms with Crippen LogP contribution < -0.4 is 0 Å². The van der Waals surface area contributed by atoms with Gasteiger partial charge in [-0.1, -0.05) is 6.07 Å². The molecule has 0 fully saturated rings. The second kappa shape index (κ2) is 3.42. The van der Waals surface area contributed by atoms with Gasteiger partial charge in [0.15, 0.2) is 5.58 Å². The fraction of sp³-hybridized carbons (Fsp3) is 0.200. The van der Waals surface area contributed by atoms with E-state index < -0.39 is 6.43 Å². The Kier molecular flexibility index (Phi) is 2.22. The standard InChI is InChI=1S/C10H7F2NO2/c1-5(14)10-13-7-4-2-3-6(9(11)12)8(7)15-10/h2-4,9H,1H3. The molecule has 1 aromatic heterocycles. The van der Waals surface area contributed by atoms with Gasteiger partial charge in [0.05, 0.1) is 5.56 Å². The van der Waals surface area contributed by atoms with E-state index in [2.05, 4.69) is 4.98 Å². The molecule has 0 unspecified atom stereocenters. The van der Waals surface area contributed by atoms with Crippen molar-refractivity contribution in [3.05, 3.63) is 29.7 Å². The van der Waals surface area contributed by atoms with Crippen molar-refractivity contribution >= 4 is 16.9 Å². The molecule has 2 rings (SSSR count). The number of Topliss-reactive ketones (excluding diaryl/α,β-unsaturated/α-hetero) is 1. The Balaban J connectivity index is 2.69. The van der Waals surface area contributed by atoms with Crippen LogP contribution in [0.1, 0.15) is 29.6 Å². The van der Waals surface area contributed by atoms with E-state index in [1.165, 1.54) is 25.1 Å². The molecule has 1 heterocycles. The minimum atomic E-state index is -2.64. The molecular weight excluding hydrogens is 204 g/mol. The number of alkyl halides is 2. The third-order valence-corrected chi connectivity index (χ3v) is 1.98. The number of hydrogen-bond donors (Lipinski definition) is 0. The smallest absolute Gasteiger partial charge is 0.267 e. The summed E-state index contributed by atoms with van der Waals surface area (Å²) in [6.07, 6.45) is -2.64. The number of carbonyl (C=O) groups excluding carboxylic acids is 1. The molecule has 0 radical (unpaired) electrons. The summed E-state index contributed by atoms with van der Waals surface area (Å²) in [6.45, 7) is 1.27. The lowest BCUT2D eigenvalue weighted by Crippen LogP contribution is -1.89. The molecule has 0 aliphatic rings. The van der Waals surface area contributed by atoms with Crippen molar-refractivity contribution in [3.63, 3.8) is 0 Å². The molecule has 5 heteroatoms. The zero-order valence-electron chi connectivity index (χ0n) is 7.83. The highest BCUT2D eigenvalue weighted by molar-refractivity contribution is 5.92. The zero-order chi connectivity index (χ0) is 11.0. The van der Waals surface area contributed by atoms with Crippen LogP contribution in [0, 0.1) is 0 Å². The largest absolute Gasteiger partial charge is 0.433 e. The summed E-state index contributed by atoms with van der Waals surface area (Å²) < 4.78 is 30.1. The van der Waals surface area contributed by atoms with Crippen LogP contribution in [-0.4, -0.2) is 10.8 Å². The number of fused-ring (bicyclic) bond motifs is 1. The van der Waals surface area contributed by atoms with Gasteiger partial charge in [0, 0.05) is 6.92 Å². The number of nitrogens with zero attached hydrogens (tertiary/aromatic N) is 1. The zero-order valence-corrected chi connectivity index (χ0v) is 7.83. The molecule has 0 aliphatic carbocycles. The fourth-order valence-electron chi connectivity index (χ4n) is 1.29. The Morgan fingerprint density at radius 1 is 1.47 bits per heavy atom. The van der Waals surface area contributed by atoms with E-state index in [-0.39, 0.29) is 28.3 Å². The molecular formula is C10H7F2NO2. The van der Waals surface area contributed by atoms with Crippen LogP contribution in [0.25, 0.3) is 11.1 Å². The lowest BCUT2D eigenvalue weighted by Gasteiger charge is -1.97. The maximum atomic E-state index is 12.5. The number of hydrogen-bond acceptors (Lipinski definition) is 3. The number of carbonyl (C=O) groups is 1. The van der Waals surface area contributed by atoms with Crippen molar-refractivity contribution in [1.29, 1.82) is 0 Å². The van der Waals surface area contributed by atoms with Crippen LogP contribution in [0.2, 0.25) is 0 Å². The van der Waals surface area contributed by atoms with Gasteiger partial charge in [-0.3, -0.25) is 4.79 Å². The van der Waals surface area contributed by atoms with Gasteiger partial charge in [-0.25, -0.2) is 13.8 Å². The van der Waals surface area contributed by atoms with E-state index in [1.54, 1.807) is 0 Å². The fourth-order valence-corrected chi connectivity index (χ4v) is 1.29. The first-order valence-corrected chi connectivity index (χ1v) is 4.28. The number of ketones is 1. The van der Waals surface area contributed by atoms with E-state index in [4.69, 9.17) is 4.42 Å². The Bertz CT molecular complexity index is 519. The predicted molar refractivity (Wildman–Crippen MR) is 49.0 cm³/mol. The van der Waals surface area contributed by atoms with Crippen molar-refractivity contribution in [2.45, 2.75) is 13.3 Å². The van der Waals surface area contributed by atoms with Gasteiger partial charge in [-0.15, -0.1) is 0 Å². The lowest BCUT2D eigenvalue weighted by molar-refractivity contribution is 0.0981. The van der Waals surface area contributed by atoms with Crippen molar-refractivity contribution < 1.29 is 18.0 Å². The molecule has 0 bridgehead atoms. The first-order chi connectivity index (χ1) is 7.09. The number of benzene rings is 1. The summed E-state index contributed by atoms with van der Waals surface area (Å²) in [7, 11) is 0. The molecule has 0 aliphatic heterocycles. The van der Waals surface area contributed by atoms with Crippen LogP contribution in [-0.2, 0) is 0 Å². The molecule has 0 atom stereocenters. The van der Waals surface area contributed by atoms with Crippen LogP contribution in [0.4, 0.5) is 8.78 Å². The monoisotopic (exact) mass is 211 g/mol. The number of para-hydroxylation sites is 1. The van der Waals surface area contributed by atoms with Crippen molar-refractivity contribution in [2.24, 2.45) is 0 Å². The first-order valence-electron chi connectivity index (χ1n) is 4.28. The van der Waals surface area contributed by atoms with Crippen molar-refractivity contribution in [2.75, 3.05) is 0 Å². The van der Waals surface area contributed by atoms with Gasteiger partial charge in [-0.05, 0) is 12.1 Å². The Hall–Kier alpha value is -1.78. The average molecular weight is 211 g/mol. The minimum absolute atomic E-state index is 0.0160. The van der Waals surface area contributed by atoms with E-state index in [0.717, 1.165) is 0 Å².